The molecule has 0 saturated heterocycles. The van der Waals surface area contributed by atoms with E-state index in [1.165, 1.54) is 7.11 Å². The van der Waals surface area contributed by atoms with Gasteiger partial charge in [0.05, 0.1) is 7.11 Å². The molecule has 0 radical (unpaired) electrons. The zero-order valence-electron chi connectivity index (χ0n) is 7.83. The Morgan fingerprint density at radius 1 is 1.58 bits per heavy atom. The molecule has 0 rings (SSSR count). The number of hydrogen-bond donors (Lipinski definition) is 2. The fraction of sp³-hybridized carbons (Fsp3) is 0.875. The monoisotopic (exact) mass is 175 g/mol. The lowest BCUT2D eigenvalue weighted by Crippen LogP contribution is -2.42. The van der Waals surface area contributed by atoms with E-state index < -0.39 is 0 Å². The summed E-state index contributed by atoms with van der Waals surface area (Å²) in [6.45, 7) is 3.86. The van der Waals surface area contributed by atoms with Gasteiger partial charge in [-0.1, -0.05) is 13.8 Å². The Morgan fingerprint density at radius 3 is 2.50 bits per heavy atom. The number of rotatable bonds is 5. The molecular formula is C8H17NO3. The summed E-state index contributed by atoms with van der Waals surface area (Å²) in [7, 11) is 1.34. The molecule has 0 aliphatic heterocycles. The van der Waals surface area contributed by atoms with E-state index in [0.717, 1.165) is 0 Å². The zero-order valence-corrected chi connectivity index (χ0v) is 7.83. The first-order valence-corrected chi connectivity index (χ1v) is 4.06. The fourth-order valence-electron chi connectivity index (χ4n) is 0.943. The van der Waals surface area contributed by atoms with Gasteiger partial charge in [0.2, 0.25) is 0 Å². The first-order chi connectivity index (χ1) is 5.61. The van der Waals surface area contributed by atoms with Crippen molar-refractivity contribution in [3.05, 3.63) is 0 Å². The summed E-state index contributed by atoms with van der Waals surface area (Å²) in [4.78, 5) is 11.0. The summed E-state index contributed by atoms with van der Waals surface area (Å²) in [6, 6.07) is -0.180. The zero-order chi connectivity index (χ0) is 9.56. The number of aliphatic hydroxyl groups excluding tert-OH is 1. The molecule has 0 heterocycles. The van der Waals surface area contributed by atoms with Crippen molar-refractivity contribution in [1.29, 1.82) is 0 Å². The molecule has 4 heteroatoms. The van der Waals surface area contributed by atoms with Crippen LogP contribution in [0, 0.1) is 0 Å². The molecule has 0 aromatic heterocycles. The number of hydrogen-bond acceptors (Lipinski definition) is 4. The largest absolute Gasteiger partial charge is 0.468 e. The van der Waals surface area contributed by atoms with Gasteiger partial charge in [-0.3, -0.25) is 4.79 Å². The van der Waals surface area contributed by atoms with E-state index in [1.807, 2.05) is 13.8 Å². The summed E-state index contributed by atoms with van der Waals surface area (Å²) in [5, 5.41) is 11.6. The first kappa shape index (κ1) is 11.4. The molecule has 0 spiro atoms. The third-order valence-electron chi connectivity index (χ3n) is 1.44. The maximum Gasteiger partial charge on any atom is 0.322 e. The van der Waals surface area contributed by atoms with Gasteiger partial charge in [0.15, 0.2) is 0 Å². The Bertz CT molecular complexity index is 136. The Balaban J connectivity index is 3.94. The Labute approximate surface area is 72.9 Å². The van der Waals surface area contributed by atoms with Crippen LogP contribution < -0.4 is 5.32 Å². The maximum atomic E-state index is 11.0. The third-order valence-corrected chi connectivity index (χ3v) is 1.44. The SMILES string of the molecule is COC(=O)C(CCO)NC(C)C. The molecule has 0 saturated carbocycles. The van der Waals surface area contributed by atoms with Crippen LogP contribution in [0.3, 0.4) is 0 Å². The second-order valence-corrected chi connectivity index (χ2v) is 2.91. The highest BCUT2D eigenvalue weighted by atomic mass is 16.5. The lowest BCUT2D eigenvalue weighted by atomic mass is 10.2. The number of aliphatic hydroxyl groups is 1. The van der Waals surface area contributed by atoms with Crippen molar-refractivity contribution in [2.24, 2.45) is 0 Å². The van der Waals surface area contributed by atoms with Crippen LogP contribution >= 0.6 is 0 Å². The van der Waals surface area contributed by atoms with Gasteiger partial charge in [0, 0.05) is 12.6 Å². The van der Waals surface area contributed by atoms with Crippen molar-refractivity contribution in [1.82, 2.24) is 5.32 Å². The summed E-state index contributed by atoms with van der Waals surface area (Å²) in [6.07, 6.45) is 0.394. The summed E-state index contributed by atoms with van der Waals surface area (Å²) >= 11 is 0. The topological polar surface area (TPSA) is 58.6 Å². The molecule has 1 unspecified atom stereocenters. The van der Waals surface area contributed by atoms with E-state index in [2.05, 4.69) is 10.1 Å². The highest BCUT2D eigenvalue weighted by Crippen LogP contribution is 1.95. The van der Waals surface area contributed by atoms with Crippen molar-refractivity contribution in [3.63, 3.8) is 0 Å². The molecule has 0 fully saturated rings. The van der Waals surface area contributed by atoms with Crippen LogP contribution in [0.2, 0.25) is 0 Å². The van der Waals surface area contributed by atoms with Crippen LogP contribution in [0.15, 0.2) is 0 Å². The summed E-state index contributed by atoms with van der Waals surface area (Å²) in [5.41, 5.74) is 0. The van der Waals surface area contributed by atoms with E-state index in [0.29, 0.717) is 6.42 Å². The summed E-state index contributed by atoms with van der Waals surface area (Å²) < 4.78 is 4.55. The average Bonchev–Trinajstić information content (AvgIpc) is 2.01. The van der Waals surface area contributed by atoms with Gasteiger partial charge in [-0.25, -0.2) is 0 Å². The van der Waals surface area contributed by atoms with Crippen molar-refractivity contribution in [2.75, 3.05) is 13.7 Å². The predicted molar refractivity (Wildman–Crippen MR) is 45.8 cm³/mol. The predicted octanol–water partition coefficient (Wildman–Crippen LogP) is -0.0916. The van der Waals surface area contributed by atoms with Gasteiger partial charge in [-0.2, -0.15) is 0 Å². The number of ether oxygens (including phenoxy) is 1. The standard InChI is InChI=1S/C8H17NO3/c1-6(2)9-7(4-5-10)8(11)12-3/h6-7,9-10H,4-5H2,1-3H3. The molecule has 4 nitrogen and oxygen atoms in total. The highest BCUT2D eigenvalue weighted by molar-refractivity contribution is 5.75. The quantitative estimate of drug-likeness (QED) is 0.573. The second kappa shape index (κ2) is 5.97. The lowest BCUT2D eigenvalue weighted by Gasteiger charge is -2.17. The van der Waals surface area contributed by atoms with Crippen LogP contribution in [0.25, 0.3) is 0 Å². The Morgan fingerprint density at radius 2 is 2.17 bits per heavy atom. The highest BCUT2D eigenvalue weighted by Gasteiger charge is 2.18. The molecule has 0 aliphatic carbocycles. The lowest BCUT2D eigenvalue weighted by molar-refractivity contribution is -0.143. The number of carbonyl (C=O) groups is 1. The Kier molecular flexibility index (Phi) is 5.66. The molecule has 2 N–H and O–H groups in total. The maximum absolute atomic E-state index is 11.0. The number of methoxy groups -OCH3 is 1. The van der Waals surface area contributed by atoms with Crippen LogP contribution in [-0.4, -0.2) is 36.9 Å². The minimum atomic E-state index is -0.389. The van der Waals surface area contributed by atoms with Gasteiger partial charge >= 0.3 is 5.97 Å². The van der Waals surface area contributed by atoms with Crippen molar-refractivity contribution >= 4 is 5.97 Å². The Hall–Kier alpha value is -0.610. The molecule has 0 aromatic rings. The smallest absolute Gasteiger partial charge is 0.322 e. The van der Waals surface area contributed by atoms with E-state index in [-0.39, 0.29) is 24.7 Å². The van der Waals surface area contributed by atoms with Crippen molar-refractivity contribution in [3.8, 4) is 0 Å². The van der Waals surface area contributed by atoms with Gasteiger partial charge in [0.1, 0.15) is 6.04 Å². The van der Waals surface area contributed by atoms with Crippen LogP contribution in [0.1, 0.15) is 20.3 Å². The van der Waals surface area contributed by atoms with E-state index in [1.54, 1.807) is 0 Å². The van der Waals surface area contributed by atoms with Gasteiger partial charge in [0.25, 0.3) is 0 Å². The van der Waals surface area contributed by atoms with Crippen LogP contribution in [0.4, 0.5) is 0 Å². The minimum Gasteiger partial charge on any atom is -0.468 e. The van der Waals surface area contributed by atoms with Crippen molar-refractivity contribution in [2.45, 2.75) is 32.4 Å². The average molecular weight is 175 g/mol. The molecule has 72 valence electrons. The van der Waals surface area contributed by atoms with E-state index in [9.17, 15) is 4.79 Å². The number of nitrogens with one attached hydrogen (secondary N) is 1. The fourth-order valence-corrected chi connectivity index (χ4v) is 0.943. The minimum absolute atomic E-state index is 0.0144. The van der Waals surface area contributed by atoms with E-state index in [4.69, 9.17) is 5.11 Å². The molecule has 0 amide bonds. The molecule has 0 bridgehead atoms. The van der Waals surface area contributed by atoms with Gasteiger partial charge in [-0.15, -0.1) is 0 Å². The number of esters is 1. The first-order valence-electron chi connectivity index (χ1n) is 4.06. The second-order valence-electron chi connectivity index (χ2n) is 2.91. The molecule has 12 heavy (non-hydrogen) atoms. The normalized spacial score (nSPS) is 13.1. The van der Waals surface area contributed by atoms with Gasteiger partial charge in [-0.05, 0) is 6.42 Å². The molecule has 0 aliphatic rings. The van der Waals surface area contributed by atoms with Crippen LogP contribution in [-0.2, 0) is 9.53 Å². The molecule has 1 atom stereocenters. The van der Waals surface area contributed by atoms with Crippen molar-refractivity contribution < 1.29 is 14.6 Å². The molecule has 0 aromatic carbocycles. The third kappa shape index (κ3) is 4.31. The van der Waals surface area contributed by atoms with Gasteiger partial charge < -0.3 is 15.2 Å². The number of carbonyl (C=O) groups excluding carboxylic acids is 1. The summed E-state index contributed by atoms with van der Waals surface area (Å²) in [5.74, 6) is -0.322. The van der Waals surface area contributed by atoms with Crippen LogP contribution in [0.5, 0.6) is 0 Å². The molecular weight excluding hydrogens is 158 g/mol. The van der Waals surface area contributed by atoms with E-state index >= 15 is 0 Å².